The van der Waals surface area contributed by atoms with E-state index < -0.39 is 0 Å². The number of unbranched alkanes of at least 4 members (excludes halogenated alkanes) is 3. The number of hydrogen-bond donors (Lipinski definition) is 1. The Morgan fingerprint density at radius 1 is 1.04 bits per heavy atom. The molecule has 3 heteroatoms. The first-order chi connectivity index (χ1) is 12.7. The van der Waals surface area contributed by atoms with Crippen molar-refractivity contribution in [3.8, 4) is 0 Å². The fraction of sp³-hybridized carbons (Fsp3) is 0.435. The summed E-state index contributed by atoms with van der Waals surface area (Å²) in [6.07, 6.45) is 6.11. The van der Waals surface area contributed by atoms with Gasteiger partial charge in [-0.15, -0.1) is 0 Å². The number of rotatable bonds is 7. The zero-order chi connectivity index (χ0) is 18.4. The van der Waals surface area contributed by atoms with Gasteiger partial charge in [-0.2, -0.15) is 0 Å². The van der Waals surface area contributed by atoms with Crippen molar-refractivity contribution in [2.75, 3.05) is 10.2 Å². The smallest absolute Gasteiger partial charge is 0.227 e. The number of fused-ring (bicyclic) bond motifs is 1. The number of hydrogen-bond acceptors (Lipinski definition) is 2. The first-order valence-corrected chi connectivity index (χ1v) is 9.93. The maximum Gasteiger partial charge on any atom is 0.227 e. The van der Waals surface area contributed by atoms with Crippen molar-refractivity contribution in [1.82, 2.24) is 0 Å². The Hall–Kier alpha value is -2.29. The van der Waals surface area contributed by atoms with Gasteiger partial charge in [0.25, 0.3) is 0 Å². The number of anilines is 2. The summed E-state index contributed by atoms with van der Waals surface area (Å²) in [5.41, 5.74) is 3.41. The molecule has 0 saturated carbocycles. The summed E-state index contributed by atoms with van der Waals surface area (Å²) in [5.74, 6) is 0.263. The molecule has 0 unspecified atom stereocenters. The highest BCUT2D eigenvalue weighted by Crippen LogP contribution is 2.39. The Morgan fingerprint density at radius 3 is 2.54 bits per heavy atom. The molecule has 0 fully saturated rings. The molecule has 0 spiro atoms. The first-order valence-electron chi connectivity index (χ1n) is 9.93. The van der Waals surface area contributed by atoms with Crippen LogP contribution in [0.25, 0.3) is 0 Å². The standard InChI is InChI=1S/C23H30N2O/c1-3-4-5-9-16-23(26)25-18(2)17-21(20-14-10-11-15-22(20)25)24-19-12-7-6-8-13-19/h6-8,10-15,18,21,24H,3-5,9,16-17H2,1-2H3/t18-,21-/m1/s1. The molecule has 2 aromatic rings. The van der Waals surface area contributed by atoms with Crippen LogP contribution < -0.4 is 10.2 Å². The maximum atomic E-state index is 12.9. The third-order valence-corrected chi connectivity index (χ3v) is 5.22. The molecule has 26 heavy (non-hydrogen) atoms. The lowest BCUT2D eigenvalue weighted by Crippen LogP contribution is -2.44. The second-order valence-corrected chi connectivity index (χ2v) is 7.28. The maximum absolute atomic E-state index is 12.9. The van der Waals surface area contributed by atoms with Crippen LogP contribution >= 0.6 is 0 Å². The zero-order valence-corrected chi connectivity index (χ0v) is 15.9. The lowest BCUT2D eigenvalue weighted by Gasteiger charge is -2.40. The largest absolute Gasteiger partial charge is 0.378 e. The minimum atomic E-state index is 0.199. The molecule has 2 atom stereocenters. The van der Waals surface area contributed by atoms with E-state index >= 15 is 0 Å². The Kier molecular flexibility index (Phi) is 6.32. The molecule has 0 aliphatic carbocycles. The van der Waals surface area contributed by atoms with E-state index in [1.807, 2.05) is 29.2 Å². The Labute approximate surface area is 157 Å². The van der Waals surface area contributed by atoms with Gasteiger partial charge in [-0.25, -0.2) is 0 Å². The molecule has 0 radical (unpaired) electrons. The fourth-order valence-corrected chi connectivity index (χ4v) is 3.89. The number of para-hydroxylation sites is 2. The van der Waals surface area contributed by atoms with Gasteiger partial charge < -0.3 is 10.2 Å². The van der Waals surface area contributed by atoms with Gasteiger partial charge in [-0.05, 0) is 43.5 Å². The molecular weight excluding hydrogens is 320 g/mol. The topological polar surface area (TPSA) is 32.3 Å². The quantitative estimate of drug-likeness (QED) is 0.627. The highest BCUT2D eigenvalue weighted by molar-refractivity contribution is 5.95. The molecule has 1 amide bonds. The van der Waals surface area contributed by atoms with Gasteiger partial charge in [0.1, 0.15) is 0 Å². The monoisotopic (exact) mass is 350 g/mol. The van der Waals surface area contributed by atoms with Crippen LogP contribution in [-0.4, -0.2) is 11.9 Å². The second-order valence-electron chi connectivity index (χ2n) is 7.28. The predicted octanol–water partition coefficient (Wildman–Crippen LogP) is 5.94. The van der Waals surface area contributed by atoms with Gasteiger partial charge >= 0.3 is 0 Å². The van der Waals surface area contributed by atoms with E-state index in [0.717, 1.165) is 30.6 Å². The summed E-state index contributed by atoms with van der Waals surface area (Å²) < 4.78 is 0. The predicted molar refractivity (Wildman–Crippen MR) is 110 cm³/mol. The number of carbonyl (C=O) groups excluding carboxylic acids is 1. The average Bonchev–Trinajstić information content (AvgIpc) is 2.66. The summed E-state index contributed by atoms with van der Waals surface area (Å²) in [4.78, 5) is 14.9. The summed E-state index contributed by atoms with van der Waals surface area (Å²) in [7, 11) is 0. The van der Waals surface area contributed by atoms with Crippen LogP contribution in [-0.2, 0) is 4.79 Å². The van der Waals surface area contributed by atoms with Gasteiger partial charge in [0.05, 0.1) is 6.04 Å². The Balaban J connectivity index is 1.78. The highest BCUT2D eigenvalue weighted by Gasteiger charge is 2.33. The zero-order valence-electron chi connectivity index (χ0n) is 15.9. The van der Waals surface area contributed by atoms with Gasteiger partial charge in [-0.1, -0.05) is 62.6 Å². The molecule has 1 aliphatic heterocycles. The van der Waals surface area contributed by atoms with Crippen molar-refractivity contribution in [3.63, 3.8) is 0 Å². The van der Waals surface area contributed by atoms with E-state index in [-0.39, 0.29) is 18.0 Å². The summed E-state index contributed by atoms with van der Waals surface area (Å²) in [6.45, 7) is 4.37. The fourth-order valence-electron chi connectivity index (χ4n) is 3.89. The van der Waals surface area contributed by atoms with Crippen molar-refractivity contribution in [1.29, 1.82) is 0 Å². The first kappa shape index (κ1) is 18.5. The van der Waals surface area contributed by atoms with E-state index in [0.29, 0.717) is 6.42 Å². The van der Waals surface area contributed by atoms with Gasteiger partial charge in [0.2, 0.25) is 5.91 Å². The normalized spacial score (nSPS) is 19.1. The van der Waals surface area contributed by atoms with Crippen LogP contribution in [0.4, 0.5) is 11.4 Å². The SMILES string of the molecule is CCCCCCC(=O)N1c2ccccc2[C@H](Nc2ccccc2)C[C@H]1C. The molecule has 1 aliphatic rings. The lowest BCUT2D eigenvalue weighted by atomic mass is 9.91. The van der Waals surface area contributed by atoms with Crippen LogP contribution in [0.1, 0.15) is 64.0 Å². The number of nitrogens with one attached hydrogen (secondary N) is 1. The van der Waals surface area contributed by atoms with Crippen LogP contribution in [0.3, 0.4) is 0 Å². The van der Waals surface area contributed by atoms with Gasteiger partial charge in [0.15, 0.2) is 0 Å². The van der Waals surface area contributed by atoms with Crippen LogP contribution in [0.5, 0.6) is 0 Å². The van der Waals surface area contributed by atoms with Gasteiger partial charge in [-0.3, -0.25) is 4.79 Å². The number of nitrogens with zero attached hydrogens (tertiary/aromatic N) is 1. The van der Waals surface area contributed by atoms with Crippen LogP contribution in [0.2, 0.25) is 0 Å². The van der Waals surface area contributed by atoms with E-state index in [1.165, 1.54) is 18.4 Å². The number of benzene rings is 2. The van der Waals surface area contributed by atoms with Gasteiger partial charge in [0, 0.05) is 23.8 Å². The van der Waals surface area contributed by atoms with Crippen LogP contribution in [0.15, 0.2) is 54.6 Å². The van der Waals surface area contributed by atoms with E-state index in [9.17, 15) is 4.79 Å². The van der Waals surface area contributed by atoms with Crippen molar-refractivity contribution < 1.29 is 4.79 Å². The van der Waals surface area contributed by atoms with E-state index in [1.54, 1.807) is 0 Å². The molecule has 3 rings (SSSR count). The molecule has 1 heterocycles. The minimum absolute atomic E-state index is 0.199. The molecule has 1 N–H and O–H groups in total. The minimum Gasteiger partial charge on any atom is -0.378 e. The highest BCUT2D eigenvalue weighted by atomic mass is 16.2. The molecule has 0 bridgehead atoms. The second kappa shape index (κ2) is 8.88. The molecular formula is C23H30N2O. The van der Waals surface area contributed by atoms with Crippen LogP contribution in [0, 0.1) is 0 Å². The Bertz CT molecular complexity index is 713. The third kappa shape index (κ3) is 4.27. The summed E-state index contributed by atoms with van der Waals surface area (Å²) in [5, 5.41) is 3.65. The summed E-state index contributed by atoms with van der Waals surface area (Å²) >= 11 is 0. The lowest BCUT2D eigenvalue weighted by molar-refractivity contribution is -0.119. The van der Waals surface area contributed by atoms with E-state index in [2.05, 4.69) is 49.5 Å². The van der Waals surface area contributed by atoms with Crippen molar-refractivity contribution >= 4 is 17.3 Å². The van der Waals surface area contributed by atoms with Crippen molar-refractivity contribution in [3.05, 3.63) is 60.2 Å². The Morgan fingerprint density at radius 2 is 1.77 bits per heavy atom. The summed E-state index contributed by atoms with van der Waals surface area (Å²) in [6, 6.07) is 19.1. The number of amides is 1. The molecule has 0 saturated heterocycles. The van der Waals surface area contributed by atoms with Crippen molar-refractivity contribution in [2.45, 2.75) is 64.5 Å². The molecule has 2 aromatic carbocycles. The molecule has 138 valence electrons. The molecule has 0 aromatic heterocycles. The van der Waals surface area contributed by atoms with Crippen molar-refractivity contribution in [2.24, 2.45) is 0 Å². The molecule has 3 nitrogen and oxygen atoms in total. The third-order valence-electron chi connectivity index (χ3n) is 5.22. The number of carbonyl (C=O) groups is 1. The van der Waals surface area contributed by atoms with E-state index in [4.69, 9.17) is 0 Å². The average molecular weight is 351 g/mol.